The molecule has 0 radical (unpaired) electrons. The van der Waals surface area contributed by atoms with E-state index in [-0.39, 0.29) is 12.5 Å². The fourth-order valence-electron chi connectivity index (χ4n) is 0.463. The highest BCUT2D eigenvalue weighted by atomic mass is 16.1. The molecule has 0 aliphatic heterocycles. The lowest BCUT2D eigenvalue weighted by atomic mass is 10.2. The van der Waals surface area contributed by atoms with E-state index >= 15 is 0 Å². The number of hydrogen-bond acceptors (Lipinski definition) is 3. The van der Waals surface area contributed by atoms with E-state index in [1.807, 2.05) is 0 Å². The van der Waals surface area contributed by atoms with Crippen LogP contribution in [0.4, 0.5) is 0 Å². The van der Waals surface area contributed by atoms with Gasteiger partial charge < -0.3 is 11.1 Å². The maximum atomic E-state index is 10.2. The van der Waals surface area contributed by atoms with Gasteiger partial charge in [0.2, 0.25) is 5.91 Å². The molecule has 4 nitrogen and oxygen atoms in total. The number of amides is 1. The minimum atomic E-state index is -0.398. The molecule has 0 heterocycles. The SMILES string of the molecule is CC(CC(N)=O)NC#N. The smallest absolute Gasteiger partial charge is 0.219 e. The van der Waals surface area contributed by atoms with Crippen LogP contribution in [0.25, 0.3) is 0 Å². The summed E-state index contributed by atoms with van der Waals surface area (Å²) in [6.07, 6.45) is 1.92. The van der Waals surface area contributed by atoms with Gasteiger partial charge in [-0.2, -0.15) is 5.26 Å². The van der Waals surface area contributed by atoms with E-state index in [4.69, 9.17) is 11.0 Å². The lowest BCUT2D eigenvalue weighted by Crippen LogP contribution is -2.27. The number of carbonyl (C=O) groups is 1. The van der Waals surface area contributed by atoms with Crippen molar-refractivity contribution in [2.24, 2.45) is 5.73 Å². The maximum Gasteiger partial charge on any atom is 0.219 e. The second kappa shape index (κ2) is 3.72. The quantitative estimate of drug-likeness (QED) is 0.389. The Balaban J connectivity index is 3.40. The van der Waals surface area contributed by atoms with Gasteiger partial charge in [-0.05, 0) is 6.92 Å². The van der Waals surface area contributed by atoms with Crippen molar-refractivity contribution in [1.82, 2.24) is 5.32 Å². The van der Waals surface area contributed by atoms with Crippen LogP contribution in [-0.2, 0) is 4.79 Å². The zero-order chi connectivity index (χ0) is 7.28. The van der Waals surface area contributed by atoms with Crippen LogP contribution in [0.1, 0.15) is 13.3 Å². The number of carbonyl (C=O) groups excluding carboxylic acids is 1. The molecule has 1 unspecified atom stereocenters. The highest BCUT2D eigenvalue weighted by Gasteiger charge is 2.02. The first kappa shape index (κ1) is 7.76. The second-order valence-corrected chi connectivity index (χ2v) is 1.83. The summed E-state index contributed by atoms with van der Waals surface area (Å²) in [7, 11) is 0. The van der Waals surface area contributed by atoms with Gasteiger partial charge in [0.1, 0.15) is 0 Å². The van der Waals surface area contributed by atoms with E-state index in [2.05, 4.69) is 5.32 Å². The first-order chi connectivity index (χ1) is 4.16. The molecular weight excluding hydrogens is 118 g/mol. The Morgan fingerprint density at radius 3 is 2.89 bits per heavy atom. The predicted octanol–water partition coefficient (Wildman–Crippen LogP) is -0.679. The normalized spacial score (nSPS) is 11.6. The Kier molecular flexibility index (Phi) is 3.21. The highest BCUT2D eigenvalue weighted by molar-refractivity contribution is 5.74. The van der Waals surface area contributed by atoms with Crippen LogP contribution >= 0.6 is 0 Å². The third-order valence-electron chi connectivity index (χ3n) is 0.818. The van der Waals surface area contributed by atoms with Gasteiger partial charge in [0.15, 0.2) is 6.19 Å². The van der Waals surface area contributed by atoms with Gasteiger partial charge in [0.05, 0.1) is 0 Å². The number of nitrogens with one attached hydrogen (secondary N) is 1. The van der Waals surface area contributed by atoms with Gasteiger partial charge in [-0.25, -0.2) is 0 Å². The Labute approximate surface area is 53.6 Å². The molecule has 1 amide bonds. The molecule has 4 heteroatoms. The molecule has 1 atom stereocenters. The van der Waals surface area contributed by atoms with Crippen molar-refractivity contribution in [2.45, 2.75) is 19.4 Å². The third-order valence-corrected chi connectivity index (χ3v) is 0.818. The molecule has 0 aliphatic rings. The van der Waals surface area contributed by atoms with Gasteiger partial charge in [0.25, 0.3) is 0 Å². The van der Waals surface area contributed by atoms with Gasteiger partial charge in [-0.15, -0.1) is 0 Å². The Morgan fingerprint density at radius 1 is 2.00 bits per heavy atom. The van der Waals surface area contributed by atoms with Crippen LogP contribution in [0, 0.1) is 11.5 Å². The van der Waals surface area contributed by atoms with Gasteiger partial charge >= 0.3 is 0 Å². The van der Waals surface area contributed by atoms with Crippen molar-refractivity contribution < 1.29 is 4.79 Å². The lowest BCUT2D eigenvalue weighted by Gasteiger charge is -2.03. The topological polar surface area (TPSA) is 78.9 Å². The van der Waals surface area contributed by atoms with Crippen LogP contribution in [-0.4, -0.2) is 11.9 Å². The van der Waals surface area contributed by atoms with Crippen molar-refractivity contribution in [1.29, 1.82) is 5.26 Å². The maximum absolute atomic E-state index is 10.2. The molecule has 0 fully saturated rings. The molecule has 0 aromatic rings. The molecule has 0 aromatic heterocycles. The van der Waals surface area contributed by atoms with E-state index in [0.717, 1.165) is 0 Å². The fraction of sp³-hybridized carbons (Fsp3) is 0.600. The van der Waals surface area contributed by atoms with Crippen LogP contribution < -0.4 is 11.1 Å². The van der Waals surface area contributed by atoms with Crippen LogP contribution in [0.15, 0.2) is 0 Å². The summed E-state index contributed by atoms with van der Waals surface area (Å²) in [5, 5.41) is 10.4. The Bertz CT molecular complexity index is 138. The summed E-state index contributed by atoms with van der Waals surface area (Å²) in [5.74, 6) is -0.398. The number of nitrogens with zero attached hydrogens (tertiary/aromatic N) is 1. The lowest BCUT2D eigenvalue weighted by molar-refractivity contribution is -0.118. The average Bonchev–Trinajstić information content (AvgIpc) is 1.63. The summed E-state index contributed by atoms with van der Waals surface area (Å²) in [5.41, 5.74) is 4.84. The molecular formula is C5H9N3O. The van der Waals surface area contributed by atoms with Crippen molar-refractivity contribution in [3.63, 3.8) is 0 Å². The van der Waals surface area contributed by atoms with Crippen molar-refractivity contribution in [2.75, 3.05) is 0 Å². The minimum absolute atomic E-state index is 0.146. The molecule has 3 N–H and O–H groups in total. The molecule has 0 spiro atoms. The Morgan fingerprint density at radius 2 is 2.56 bits per heavy atom. The highest BCUT2D eigenvalue weighted by Crippen LogP contribution is 1.85. The van der Waals surface area contributed by atoms with Crippen LogP contribution in [0.2, 0.25) is 0 Å². The fourth-order valence-corrected chi connectivity index (χ4v) is 0.463. The zero-order valence-corrected chi connectivity index (χ0v) is 5.22. The first-order valence-electron chi connectivity index (χ1n) is 2.59. The number of nitriles is 1. The number of primary amides is 1. The van der Waals surface area contributed by atoms with Gasteiger partial charge in [-0.3, -0.25) is 4.79 Å². The van der Waals surface area contributed by atoms with E-state index in [9.17, 15) is 4.79 Å². The summed E-state index contributed by atoms with van der Waals surface area (Å²) in [6.45, 7) is 1.72. The van der Waals surface area contributed by atoms with Gasteiger partial charge in [-0.1, -0.05) is 0 Å². The summed E-state index contributed by atoms with van der Waals surface area (Å²) < 4.78 is 0. The summed E-state index contributed by atoms with van der Waals surface area (Å²) >= 11 is 0. The van der Waals surface area contributed by atoms with E-state index in [0.29, 0.717) is 0 Å². The molecule has 0 bridgehead atoms. The largest absolute Gasteiger partial charge is 0.370 e. The zero-order valence-electron chi connectivity index (χ0n) is 5.22. The van der Waals surface area contributed by atoms with Gasteiger partial charge in [0, 0.05) is 12.5 Å². The summed E-state index contributed by atoms with van der Waals surface area (Å²) in [6, 6.07) is -0.146. The molecule has 0 saturated carbocycles. The third kappa shape index (κ3) is 4.62. The number of nitrogens with two attached hydrogens (primary N) is 1. The molecule has 0 saturated heterocycles. The molecule has 9 heavy (non-hydrogen) atoms. The number of rotatable bonds is 3. The standard InChI is InChI=1S/C5H9N3O/c1-4(8-3-6)2-5(7)9/h4,8H,2H2,1H3,(H2,7,9). The molecule has 0 aliphatic carbocycles. The minimum Gasteiger partial charge on any atom is -0.370 e. The molecule has 0 rings (SSSR count). The van der Waals surface area contributed by atoms with E-state index in [1.165, 1.54) is 0 Å². The predicted molar refractivity (Wildman–Crippen MR) is 32.0 cm³/mol. The van der Waals surface area contributed by atoms with Crippen molar-refractivity contribution >= 4 is 5.91 Å². The van der Waals surface area contributed by atoms with Crippen molar-refractivity contribution in [3.8, 4) is 6.19 Å². The summed E-state index contributed by atoms with van der Waals surface area (Å²) in [4.78, 5) is 10.2. The monoisotopic (exact) mass is 127 g/mol. The average molecular weight is 127 g/mol. The molecule has 50 valence electrons. The Hall–Kier alpha value is -1.24. The van der Waals surface area contributed by atoms with Crippen LogP contribution in [0.5, 0.6) is 0 Å². The van der Waals surface area contributed by atoms with E-state index < -0.39 is 5.91 Å². The van der Waals surface area contributed by atoms with Crippen LogP contribution in [0.3, 0.4) is 0 Å². The van der Waals surface area contributed by atoms with Crippen molar-refractivity contribution in [3.05, 3.63) is 0 Å². The molecule has 0 aromatic carbocycles. The number of hydrogen-bond donors (Lipinski definition) is 2. The van der Waals surface area contributed by atoms with E-state index in [1.54, 1.807) is 13.1 Å². The first-order valence-corrected chi connectivity index (χ1v) is 2.59. The second-order valence-electron chi connectivity index (χ2n) is 1.83.